The molecule has 4 heteroatoms. The molecule has 0 fully saturated rings. The van der Waals surface area contributed by atoms with Gasteiger partial charge in [0, 0.05) is 26.6 Å². The fraction of sp³-hybridized carbons (Fsp3) is 0.562. The number of hydrogen-bond donors (Lipinski definition) is 1. The summed E-state index contributed by atoms with van der Waals surface area (Å²) < 4.78 is 0. The second-order valence-corrected chi connectivity index (χ2v) is 5.12. The quantitative estimate of drug-likeness (QED) is 0.839. The van der Waals surface area contributed by atoms with Gasteiger partial charge in [-0.3, -0.25) is 4.79 Å². The van der Waals surface area contributed by atoms with E-state index in [0.29, 0.717) is 6.42 Å². The van der Waals surface area contributed by atoms with E-state index >= 15 is 0 Å². The first-order valence-electron chi connectivity index (χ1n) is 7.05. The molecule has 20 heavy (non-hydrogen) atoms. The molecule has 0 saturated carbocycles. The molecule has 0 aliphatic heterocycles. The third-order valence-electron chi connectivity index (χ3n) is 3.56. The number of amides is 1. The maximum absolute atomic E-state index is 12.1. The number of rotatable bonds is 7. The van der Waals surface area contributed by atoms with E-state index < -0.39 is 0 Å². The molecule has 0 spiro atoms. The van der Waals surface area contributed by atoms with E-state index in [0.717, 1.165) is 19.5 Å². The van der Waals surface area contributed by atoms with E-state index in [1.807, 2.05) is 14.1 Å². The van der Waals surface area contributed by atoms with E-state index in [-0.39, 0.29) is 24.2 Å². The van der Waals surface area contributed by atoms with Crippen molar-refractivity contribution in [3.63, 3.8) is 0 Å². The minimum atomic E-state index is 0. The molecule has 0 bridgehead atoms. The Kier molecular flexibility index (Phi) is 9.26. The van der Waals surface area contributed by atoms with Crippen LogP contribution in [-0.4, -0.2) is 38.0 Å². The van der Waals surface area contributed by atoms with Gasteiger partial charge in [0.1, 0.15) is 0 Å². The molecule has 1 atom stereocenters. The van der Waals surface area contributed by atoms with Crippen molar-refractivity contribution in [2.24, 2.45) is 0 Å². The van der Waals surface area contributed by atoms with Crippen molar-refractivity contribution in [3.8, 4) is 0 Å². The van der Waals surface area contributed by atoms with Crippen molar-refractivity contribution in [2.45, 2.75) is 32.6 Å². The summed E-state index contributed by atoms with van der Waals surface area (Å²) in [5, 5.41) is 3.06. The van der Waals surface area contributed by atoms with Crippen LogP contribution >= 0.6 is 12.4 Å². The molecule has 114 valence electrons. The molecule has 0 aliphatic carbocycles. The minimum Gasteiger partial charge on any atom is -0.344 e. The highest BCUT2D eigenvalue weighted by molar-refractivity contribution is 5.85. The summed E-state index contributed by atoms with van der Waals surface area (Å²) in [4.78, 5) is 13.9. The molecule has 1 aromatic rings. The van der Waals surface area contributed by atoms with Gasteiger partial charge >= 0.3 is 0 Å². The summed E-state index contributed by atoms with van der Waals surface area (Å²) in [6, 6.07) is 8.59. The van der Waals surface area contributed by atoms with Crippen LogP contribution in [0.1, 0.15) is 37.3 Å². The molecule has 0 radical (unpaired) electrons. The average Bonchev–Trinajstić information content (AvgIpc) is 2.44. The predicted molar refractivity (Wildman–Crippen MR) is 87.7 cm³/mol. The Bertz CT molecular complexity index is 392. The normalized spacial score (nSPS) is 11.6. The van der Waals surface area contributed by atoms with Crippen LogP contribution in [-0.2, 0) is 11.2 Å². The lowest BCUT2D eigenvalue weighted by Crippen LogP contribution is -2.33. The Morgan fingerprint density at radius 2 is 1.90 bits per heavy atom. The number of nitrogens with one attached hydrogen (secondary N) is 1. The molecule has 1 N–H and O–H groups in total. The molecule has 0 saturated heterocycles. The van der Waals surface area contributed by atoms with Crippen molar-refractivity contribution in [1.82, 2.24) is 10.2 Å². The van der Waals surface area contributed by atoms with Gasteiger partial charge in [-0.2, -0.15) is 0 Å². The van der Waals surface area contributed by atoms with Crippen LogP contribution in [0.5, 0.6) is 0 Å². The third-order valence-corrected chi connectivity index (χ3v) is 3.56. The van der Waals surface area contributed by atoms with Crippen LogP contribution in [0.4, 0.5) is 0 Å². The minimum absolute atomic E-state index is 0. The molecule has 3 nitrogen and oxygen atoms in total. The number of carbonyl (C=O) groups is 1. The van der Waals surface area contributed by atoms with Gasteiger partial charge in [0.15, 0.2) is 0 Å². The second kappa shape index (κ2) is 9.78. The van der Waals surface area contributed by atoms with Crippen LogP contribution < -0.4 is 5.32 Å². The zero-order chi connectivity index (χ0) is 14.3. The Morgan fingerprint density at radius 1 is 1.30 bits per heavy atom. The third kappa shape index (κ3) is 5.93. The lowest BCUT2D eigenvalue weighted by molar-refractivity contribution is -0.130. The van der Waals surface area contributed by atoms with Gasteiger partial charge in [-0.1, -0.05) is 38.1 Å². The van der Waals surface area contributed by atoms with Crippen LogP contribution in [0.2, 0.25) is 0 Å². The van der Waals surface area contributed by atoms with Crippen molar-refractivity contribution < 1.29 is 4.79 Å². The number of aryl methyl sites for hydroxylation is 1. The fourth-order valence-electron chi connectivity index (χ4n) is 2.02. The number of benzene rings is 1. The summed E-state index contributed by atoms with van der Waals surface area (Å²) in [5.41, 5.74) is 2.58. The lowest BCUT2D eigenvalue weighted by Gasteiger charge is -2.19. The van der Waals surface area contributed by atoms with E-state index in [2.05, 4.69) is 43.4 Å². The highest BCUT2D eigenvalue weighted by Crippen LogP contribution is 2.20. The van der Waals surface area contributed by atoms with Crippen LogP contribution in [0.3, 0.4) is 0 Å². The Morgan fingerprint density at radius 3 is 2.40 bits per heavy atom. The van der Waals surface area contributed by atoms with Gasteiger partial charge in [-0.25, -0.2) is 0 Å². The molecule has 0 aliphatic rings. The molecule has 0 heterocycles. The maximum atomic E-state index is 12.1. The van der Waals surface area contributed by atoms with Crippen molar-refractivity contribution in [1.29, 1.82) is 0 Å². The summed E-state index contributed by atoms with van der Waals surface area (Å²) in [7, 11) is 3.77. The largest absolute Gasteiger partial charge is 0.344 e. The van der Waals surface area contributed by atoms with Crippen molar-refractivity contribution in [2.75, 3.05) is 27.2 Å². The van der Waals surface area contributed by atoms with Crippen molar-refractivity contribution in [3.05, 3.63) is 35.4 Å². The van der Waals surface area contributed by atoms with Gasteiger partial charge in [0.05, 0.1) is 0 Å². The number of halogens is 1. The Balaban J connectivity index is 0.00000361. The van der Waals surface area contributed by atoms with Gasteiger partial charge in [-0.05, 0) is 30.5 Å². The summed E-state index contributed by atoms with van der Waals surface area (Å²) in [6.45, 7) is 5.86. The smallest absolute Gasteiger partial charge is 0.222 e. The first-order valence-corrected chi connectivity index (χ1v) is 7.05. The zero-order valence-corrected chi connectivity index (χ0v) is 13.8. The SMILES string of the molecule is CCc1ccc(C(C)CC(=O)N(C)CCNC)cc1.Cl. The van der Waals surface area contributed by atoms with Crippen LogP contribution in [0, 0.1) is 0 Å². The van der Waals surface area contributed by atoms with E-state index in [1.165, 1.54) is 11.1 Å². The average molecular weight is 299 g/mol. The van der Waals surface area contributed by atoms with Gasteiger partial charge in [0.25, 0.3) is 0 Å². The molecular formula is C16H27ClN2O. The van der Waals surface area contributed by atoms with Gasteiger partial charge < -0.3 is 10.2 Å². The summed E-state index contributed by atoms with van der Waals surface area (Å²) in [5.74, 6) is 0.484. The predicted octanol–water partition coefficient (Wildman–Crippen LogP) is 2.84. The molecule has 0 aromatic heterocycles. The second-order valence-electron chi connectivity index (χ2n) is 5.12. The number of likely N-dealkylation sites (N-methyl/N-ethyl adjacent to an activating group) is 2. The molecule has 1 aromatic carbocycles. The molecule has 1 unspecified atom stereocenters. The molecule has 1 rings (SSSR count). The number of nitrogens with zero attached hydrogens (tertiary/aromatic N) is 1. The van der Waals surface area contributed by atoms with E-state index in [1.54, 1.807) is 4.90 Å². The standard InChI is InChI=1S/C16H26N2O.ClH/c1-5-14-6-8-15(9-7-14)13(2)12-16(19)18(4)11-10-17-3;/h6-9,13,17H,5,10-12H2,1-4H3;1H. The first kappa shape index (κ1) is 18.9. The lowest BCUT2D eigenvalue weighted by atomic mass is 9.96. The Labute approximate surface area is 129 Å². The van der Waals surface area contributed by atoms with E-state index in [4.69, 9.17) is 0 Å². The summed E-state index contributed by atoms with van der Waals surface area (Å²) >= 11 is 0. The van der Waals surface area contributed by atoms with Crippen LogP contribution in [0.25, 0.3) is 0 Å². The maximum Gasteiger partial charge on any atom is 0.222 e. The Hall–Kier alpha value is -1.06. The molecule has 1 amide bonds. The van der Waals surface area contributed by atoms with E-state index in [9.17, 15) is 4.79 Å². The monoisotopic (exact) mass is 298 g/mol. The fourth-order valence-corrected chi connectivity index (χ4v) is 2.02. The van der Waals surface area contributed by atoms with Crippen molar-refractivity contribution >= 4 is 18.3 Å². The topological polar surface area (TPSA) is 32.3 Å². The highest BCUT2D eigenvalue weighted by Gasteiger charge is 2.14. The van der Waals surface area contributed by atoms with Crippen LogP contribution in [0.15, 0.2) is 24.3 Å². The number of carbonyl (C=O) groups excluding carboxylic acids is 1. The molecular weight excluding hydrogens is 272 g/mol. The summed E-state index contributed by atoms with van der Waals surface area (Å²) in [6.07, 6.45) is 1.63. The zero-order valence-electron chi connectivity index (χ0n) is 13.0. The number of hydrogen-bond acceptors (Lipinski definition) is 2. The first-order chi connectivity index (χ1) is 9.08. The van der Waals surface area contributed by atoms with Gasteiger partial charge in [0.2, 0.25) is 5.91 Å². The highest BCUT2D eigenvalue weighted by atomic mass is 35.5. The van der Waals surface area contributed by atoms with Gasteiger partial charge in [-0.15, -0.1) is 12.4 Å².